The monoisotopic (exact) mass is 280 g/mol. The van der Waals surface area contributed by atoms with Crippen LogP contribution in [-0.4, -0.2) is 22.8 Å². The van der Waals surface area contributed by atoms with Crippen LogP contribution in [0.5, 0.6) is 0 Å². The largest absolute Gasteiger partial charge is 0.337 e. The van der Waals surface area contributed by atoms with E-state index in [1.807, 2.05) is 0 Å². The summed E-state index contributed by atoms with van der Waals surface area (Å²) in [7, 11) is 1.40. The Bertz CT molecular complexity index is 646. The molecule has 0 atom stereocenters. The van der Waals surface area contributed by atoms with Gasteiger partial charge in [-0.05, 0) is 18.2 Å². The van der Waals surface area contributed by atoms with Crippen molar-refractivity contribution in [1.82, 2.24) is 9.88 Å². The van der Waals surface area contributed by atoms with Gasteiger partial charge in [-0.3, -0.25) is 4.79 Å². The molecule has 104 valence electrons. The summed E-state index contributed by atoms with van der Waals surface area (Å²) < 4.78 is 39.7. The zero-order chi connectivity index (χ0) is 14.7. The number of carbonyl (C=O) groups is 1. The molecule has 0 aliphatic carbocycles. The van der Waals surface area contributed by atoms with Gasteiger partial charge >= 0.3 is 0 Å². The second kappa shape index (κ2) is 5.73. The van der Waals surface area contributed by atoms with Gasteiger partial charge in [0.1, 0.15) is 11.6 Å². The Morgan fingerprint density at radius 1 is 1.25 bits per heavy atom. The number of hydrogen-bond acceptors (Lipinski definition) is 2. The number of pyridine rings is 1. The Kier molecular flexibility index (Phi) is 4.02. The molecule has 3 nitrogen and oxygen atoms in total. The maximum Gasteiger partial charge on any atom is 0.258 e. The minimum absolute atomic E-state index is 0.0979. The first-order valence-electron chi connectivity index (χ1n) is 5.79. The molecule has 1 heterocycles. The molecule has 0 radical (unpaired) electrons. The lowest BCUT2D eigenvalue weighted by atomic mass is 10.2. The highest BCUT2D eigenvalue weighted by molar-refractivity contribution is 5.93. The van der Waals surface area contributed by atoms with E-state index in [4.69, 9.17) is 0 Å². The molecule has 0 fully saturated rings. The van der Waals surface area contributed by atoms with Gasteiger partial charge in [0.25, 0.3) is 5.91 Å². The number of halogens is 3. The van der Waals surface area contributed by atoms with E-state index >= 15 is 0 Å². The number of rotatable bonds is 3. The SMILES string of the molecule is CN(Cc1ccc(F)cc1F)C(=O)c1cccnc1F. The Morgan fingerprint density at radius 2 is 2.00 bits per heavy atom. The molecule has 1 aromatic carbocycles. The van der Waals surface area contributed by atoms with Crippen LogP contribution in [0.4, 0.5) is 13.2 Å². The first-order chi connectivity index (χ1) is 9.49. The van der Waals surface area contributed by atoms with Gasteiger partial charge in [-0.15, -0.1) is 0 Å². The minimum atomic E-state index is -0.885. The highest BCUT2D eigenvalue weighted by Crippen LogP contribution is 2.14. The predicted octanol–water partition coefficient (Wildman–Crippen LogP) is 2.77. The van der Waals surface area contributed by atoms with Gasteiger partial charge in [0.15, 0.2) is 0 Å². The lowest BCUT2D eigenvalue weighted by Crippen LogP contribution is -2.27. The number of carbonyl (C=O) groups excluding carboxylic acids is 1. The fourth-order valence-electron chi connectivity index (χ4n) is 1.73. The van der Waals surface area contributed by atoms with Crippen molar-refractivity contribution in [3.63, 3.8) is 0 Å². The van der Waals surface area contributed by atoms with E-state index in [1.165, 1.54) is 31.4 Å². The van der Waals surface area contributed by atoms with E-state index in [1.54, 1.807) is 0 Å². The third-order valence-corrected chi connectivity index (χ3v) is 2.76. The van der Waals surface area contributed by atoms with Gasteiger partial charge in [-0.2, -0.15) is 4.39 Å². The fraction of sp³-hybridized carbons (Fsp3) is 0.143. The Hall–Kier alpha value is -2.37. The van der Waals surface area contributed by atoms with Gasteiger partial charge < -0.3 is 4.90 Å². The molecular formula is C14H11F3N2O. The van der Waals surface area contributed by atoms with E-state index in [2.05, 4.69) is 4.98 Å². The van der Waals surface area contributed by atoms with Crippen LogP contribution in [0.2, 0.25) is 0 Å². The van der Waals surface area contributed by atoms with Gasteiger partial charge in [0.2, 0.25) is 5.95 Å². The van der Waals surface area contributed by atoms with Crippen LogP contribution >= 0.6 is 0 Å². The quantitative estimate of drug-likeness (QED) is 0.810. The average Bonchev–Trinajstić information content (AvgIpc) is 2.41. The van der Waals surface area contributed by atoms with Gasteiger partial charge in [0.05, 0.1) is 5.56 Å². The van der Waals surface area contributed by atoms with Crippen LogP contribution in [-0.2, 0) is 6.54 Å². The average molecular weight is 280 g/mol. The first kappa shape index (κ1) is 14.0. The van der Waals surface area contributed by atoms with E-state index in [0.717, 1.165) is 17.0 Å². The molecule has 0 bridgehead atoms. The molecule has 0 saturated carbocycles. The third-order valence-electron chi connectivity index (χ3n) is 2.76. The third kappa shape index (κ3) is 2.96. The van der Waals surface area contributed by atoms with Crippen LogP contribution in [0.1, 0.15) is 15.9 Å². The molecule has 2 aromatic rings. The van der Waals surface area contributed by atoms with E-state index < -0.39 is 23.5 Å². The van der Waals surface area contributed by atoms with Crippen LogP contribution in [0, 0.1) is 17.6 Å². The zero-order valence-corrected chi connectivity index (χ0v) is 10.6. The summed E-state index contributed by atoms with van der Waals surface area (Å²) >= 11 is 0. The Balaban J connectivity index is 2.18. The van der Waals surface area contributed by atoms with Gasteiger partial charge in [-0.1, -0.05) is 6.07 Å². The van der Waals surface area contributed by atoms with Crippen molar-refractivity contribution < 1.29 is 18.0 Å². The Labute approximate surface area is 113 Å². The number of benzene rings is 1. The van der Waals surface area contributed by atoms with E-state index in [-0.39, 0.29) is 17.7 Å². The van der Waals surface area contributed by atoms with Crippen molar-refractivity contribution in [3.8, 4) is 0 Å². The fourth-order valence-corrected chi connectivity index (χ4v) is 1.73. The van der Waals surface area contributed by atoms with Crippen molar-refractivity contribution in [2.24, 2.45) is 0 Å². The van der Waals surface area contributed by atoms with Crippen molar-refractivity contribution in [3.05, 3.63) is 65.2 Å². The topological polar surface area (TPSA) is 33.2 Å². The standard InChI is InChI=1S/C14H11F3N2O/c1-19(8-9-4-5-10(15)7-12(9)16)14(20)11-3-2-6-18-13(11)17/h2-7H,8H2,1H3. The predicted molar refractivity (Wildman–Crippen MR) is 66.4 cm³/mol. The highest BCUT2D eigenvalue weighted by Gasteiger charge is 2.18. The summed E-state index contributed by atoms with van der Waals surface area (Å²) in [5, 5.41) is 0. The summed E-state index contributed by atoms with van der Waals surface area (Å²) in [6.07, 6.45) is 1.23. The van der Waals surface area contributed by atoms with Crippen LogP contribution in [0.15, 0.2) is 36.5 Å². The first-order valence-corrected chi connectivity index (χ1v) is 5.79. The normalized spacial score (nSPS) is 10.4. The van der Waals surface area contributed by atoms with Gasteiger partial charge in [-0.25, -0.2) is 13.8 Å². The number of amides is 1. The van der Waals surface area contributed by atoms with Crippen LogP contribution in [0.25, 0.3) is 0 Å². The van der Waals surface area contributed by atoms with Crippen LogP contribution < -0.4 is 0 Å². The molecule has 20 heavy (non-hydrogen) atoms. The smallest absolute Gasteiger partial charge is 0.258 e. The summed E-state index contributed by atoms with van der Waals surface area (Å²) in [5.74, 6) is -2.96. The minimum Gasteiger partial charge on any atom is -0.337 e. The summed E-state index contributed by atoms with van der Waals surface area (Å²) in [5.41, 5.74) is -0.0518. The molecule has 1 aromatic heterocycles. The summed E-state index contributed by atoms with van der Waals surface area (Å²) in [6, 6.07) is 5.80. The molecule has 2 rings (SSSR count). The molecule has 0 aliphatic heterocycles. The molecule has 0 aliphatic rings. The van der Waals surface area contributed by atoms with Crippen LogP contribution in [0.3, 0.4) is 0 Å². The zero-order valence-electron chi connectivity index (χ0n) is 10.6. The maximum atomic E-state index is 13.5. The van der Waals surface area contributed by atoms with E-state index in [9.17, 15) is 18.0 Å². The Morgan fingerprint density at radius 3 is 2.65 bits per heavy atom. The summed E-state index contributed by atoms with van der Waals surface area (Å²) in [6.45, 7) is -0.0979. The maximum absolute atomic E-state index is 13.5. The number of aromatic nitrogens is 1. The summed E-state index contributed by atoms with van der Waals surface area (Å²) in [4.78, 5) is 16.5. The van der Waals surface area contributed by atoms with Crippen molar-refractivity contribution >= 4 is 5.91 Å². The highest BCUT2D eigenvalue weighted by atomic mass is 19.1. The second-order valence-electron chi connectivity index (χ2n) is 4.24. The van der Waals surface area contributed by atoms with Gasteiger partial charge in [0, 0.05) is 31.4 Å². The van der Waals surface area contributed by atoms with Crippen molar-refractivity contribution in [2.75, 3.05) is 7.05 Å². The van der Waals surface area contributed by atoms with E-state index in [0.29, 0.717) is 0 Å². The lowest BCUT2D eigenvalue weighted by molar-refractivity contribution is 0.0778. The second-order valence-corrected chi connectivity index (χ2v) is 4.24. The molecular weight excluding hydrogens is 269 g/mol. The lowest BCUT2D eigenvalue weighted by Gasteiger charge is -2.17. The molecule has 6 heteroatoms. The molecule has 1 amide bonds. The molecule has 0 spiro atoms. The number of hydrogen-bond donors (Lipinski definition) is 0. The van der Waals surface area contributed by atoms with Crippen molar-refractivity contribution in [2.45, 2.75) is 6.54 Å². The molecule has 0 saturated heterocycles. The molecule has 0 N–H and O–H groups in total. The van der Waals surface area contributed by atoms with Crippen molar-refractivity contribution in [1.29, 1.82) is 0 Å². The number of nitrogens with zero attached hydrogens (tertiary/aromatic N) is 2. The molecule has 0 unspecified atom stereocenters.